The lowest BCUT2D eigenvalue weighted by molar-refractivity contribution is -0.114. The van der Waals surface area contributed by atoms with Crippen molar-refractivity contribution in [1.82, 2.24) is 0 Å². The zero-order chi connectivity index (χ0) is 16.3. The smallest absolute Gasteiger partial charge is 0.276 e. The van der Waals surface area contributed by atoms with Gasteiger partial charge in [-0.2, -0.15) is 4.99 Å². The highest BCUT2D eigenvalue weighted by molar-refractivity contribution is 7.93. The second-order valence-electron chi connectivity index (χ2n) is 5.01. The lowest BCUT2D eigenvalue weighted by atomic mass is 9.93. The van der Waals surface area contributed by atoms with Crippen LogP contribution in [0.1, 0.15) is 32.6 Å². The van der Waals surface area contributed by atoms with Gasteiger partial charge in [0.2, 0.25) is 0 Å². The van der Waals surface area contributed by atoms with Gasteiger partial charge in [0.25, 0.3) is 5.91 Å². The third kappa shape index (κ3) is 4.07. The van der Waals surface area contributed by atoms with E-state index in [1.165, 1.54) is 6.08 Å². The number of rotatable bonds is 5. The molecule has 0 heterocycles. The molecule has 1 unspecified atom stereocenters. The van der Waals surface area contributed by atoms with Crippen LogP contribution < -0.4 is 11.5 Å². The number of carbonyl (C=O) groups excluding carboxylic acids is 1. The number of hydrogen-bond donors (Lipinski definition) is 2. The van der Waals surface area contributed by atoms with Crippen LogP contribution in [0.5, 0.6) is 0 Å². The summed E-state index contributed by atoms with van der Waals surface area (Å²) in [6, 6.07) is 0. The van der Waals surface area contributed by atoms with Crippen molar-refractivity contribution in [3.05, 3.63) is 23.3 Å². The number of nitrogens with zero attached hydrogens (tertiary/aromatic N) is 1. The average Bonchev–Trinajstić information content (AvgIpc) is 2.35. The fourth-order valence-electron chi connectivity index (χ4n) is 2.09. The maximum atomic E-state index is 12.1. The van der Waals surface area contributed by atoms with Crippen molar-refractivity contribution in [1.29, 1.82) is 0 Å². The molecule has 8 heteroatoms. The molecule has 0 saturated carbocycles. The highest BCUT2D eigenvalue weighted by Gasteiger charge is 2.44. The summed E-state index contributed by atoms with van der Waals surface area (Å²) in [5, 5.41) is 0. The molecule has 0 saturated heterocycles. The van der Waals surface area contributed by atoms with E-state index in [9.17, 15) is 13.2 Å². The normalized spacial score (nSPS) is 22.2. The molecule has 21 heavy (non-hydrogen) atoms. The van der Waals surface area contributed by atoms with Crippen molar-refractivity contribution in [2.45, 2.75) is 36.8 Å². The van der Waals surface area contributed by atoms with E-state index in [0.29, 0.717) is 12.0 Å². The lowest BCUT2D eigenvalue weighted by Gasteiger charge is -2.31. The first-order chi connectivity index (χ1) is 9.61. The Morgan fingerprint density at radius 3 is 2.52 bits per heavy atom. The maximum absolute atomic E-state index is 12.1. The summed E-state index contributed by atoms with van der Waals surface area (Å²) in [6.07, 6.45) is 6.34. The quantitative estimate of drug-likeness (QED) is 0.445. The Hall–Kier alpha value is -1.34. The first-order valence-corrected chi connectivity index (χ1v) is 8.81. The number of allylic oxidation sites excluding steroid dienone is 2. The largest absolute Gasteiger partial charge is 0.370 e. The van der Waals surface area contributed by atoms with E-state index in [0.717, 1.165) is 19.1 Å². The molecule has 0 fully saturated rings. The molecule has 0 bridgehead atoms. The van der Waals surface area contributed by atoms with Crippen molar-refractivity contribution in [3.63, 3.8) is 0 Å². The van der Waals surface area contributed by atoms with Gasteiger partial charge in [-0.1, -0.05) is 37.1 Å². The number of carbonyl (C=O) groups is 1. The Bertz CT molecular complexity index is 619. The summed E-state index contributed by atoms with van der Waals surface area (Å²) < 4.78 is 22.5. The number of aliphatic imine (C=N–C) groups is 1. The Labute approximate surface area is 129 Å². The standard InChI is InChI=1S/C13H20ClN3O3S/c1-3-4-5-10-7-6-9(11(18)17-12(15)16)8-13(10,14)21(2,19)20/h6-7H,3-5,8H2,1-2H3,(H4,15,16,17,18). The molecule has 0 aliphatic heterocycles. The summed E-state index contributed by atoms with van der Waals surface area (Å²) in [5.41, 5.74) is 11.1. The van der Waals surface area contributed by atoms with Gasteiger partial charge in [0.05, 0.1) is 0 Å². The summed E-state index contributed by atoms with van der Waals surface area (Å²) >= 11 is 6.37. The summed E-state index contributed by atoms with van der Waals surface area (Å²) in [4.78, 5) is 15.3. The van der Waals surface area contributed by atoms with Crippen LogP contribution >= 0.6 is 11.6 Å². The SMILES string of the molecule is CCCCC1=CC=C(C(=O)N=C(N)N)CC1(Cl)S(C)(=O)=O. The number of amides is 1. The van der Waals surface area contributed by atoms with E-state index >= 15 is 0 Å². The maximum Gasteiger partial charge on any atom is 0.276 e. The van der Waals surface area contributed by atoms with Crippen molar-refractivity contribution >= 4 is 33.3 Å². The van der Waals surface area contributed by atoms with Crippen LogP contribution in [0.4, 0.5) is 0 Å². The average molecular weight is 334 g/mol. The van der Waals surface area contributed by atoms with Gasteiger partial charge in [0.15, 0.2) is 20.0 Å². The summed E-state index contributed by atoms with van der Waals surface area (Å²) in [7, 11) is -3.61. The van der Waals surface area contributed by atoms with Gasteiger partial charge >= 0.3 is 0 Å². The topological polar surface area (TPSA) is 116 Å². The molecule has 1 atom stereocenters. The van der Waals surface area contributed by atoms with Gasteiger partial charge in [-0.15, -0.1) is 0 Å². The Kier molecular flexibility index (Phi) is 5.58. The molecule has 4 N–H and O–H groups in total. The van der Waals surface area contributed by atoms with E-state index in [1.807, 2.05) is 6.92 Å². The minimum Gasteiger partial charge on any atom is -0.370 e. The predicted molar refractivity (Wildman–Crippen MR) is 84.6 cm³/mol. The molecule has 118 valence electrons. The van der Waals surface area contributed by atoms with Crippen LogP contribution in [0.2, 0.25) is 0 Å². The van der Waals surface area contributed by atoms with Gasteiger partial charge in [-0.05, 0) is 18.4 Å². The fraction of sp³-hybridized carbons (Fsp3) is 0.538. The van der Waals surface area contributed by atoms with Crippen LogP contribution in [-0.4, -0.2) is 30.7 Å². The Morgan fingerprint density at radius 2 is 2.05 bits per heavy atom. The molecule has 1 aliphatic carbocycles. The predicted octanol–water partition coefficient (Wildman–Crippen LogP) is 1.21. The number of hydrogen-bond acceptors (Lipinski definition) is 3. The zero-order valence-electron chi connectivity index (χ0n) is 12.1. The number of halogens is 1. The van der Waals surface area contributed by atoms with Crippen LogP contribution in [0.25, 0.3) is 0 Å². The molecule has 0 aromatic rings. The van der Waals surface area contributed by atoms with E-state index in [-0.39, 0.29) is 18.0 Å². The Balaban J connectivity index is 3.22. The van der Waals surface area contributed by atoms with Crippen molar-refractivity contribution in [2.75, 3.05) is 6.26 Å². The van der Waals surface area contributed by atoms with E-state index in [2.05, 4.69) is 4.99 Å². The molecule has 0 spiro atoms. The second kappa shape index (κ2) is 6.62. The number of unbranched alkanes of at least 4 members (excludes halogenated alkanes) is 1. The number of nitrogens with two attached hydrogens (primary N) is 2. The zero-order valence-corrected chi connectivity index (χ0v) is 13.7. The van der Waals surface area contributed by atoms with Gasteiger partial charge in [-0.3, -0.25) is 4.79 Å². The van der Waals surface area contributed by atoms with Crippen molar-refractivity contribution in [3.8, 4) is 0 Å². The summed E-state index contributed by atoms with van der Waals surface area (Å²) in [6.45, 7) is 2.00. The van der Waals surface area contributed by atoms with Gasteiger partial charge < -0.3 is 11.5 Å². The van der Waals surface area contributed by atoms with Crippen LogP contribution in [0, 0.1) is 0 Å². The monoisotopic (exact) mass is 333 g/mol. The molecule has 1 aliphatic rings. The van der Waals surface area contributed by atoms with Crippen molar-refractivity contribution < 1.29 is 13.2 Å². The second-order valence-corrected chi connectivity index (χ2v) is 8.12. The van der Waals surface area contributed by atoms with Gasteiger partial charge in [0, 0.05) is 18.2 Å². The number of sulfone groups is 1. The first kappa shape index (κ1) is 17.7. The van der Waals surface area contributed by atoms with Gasteiger partial charge in [-0.25, -0.2) is 8.42 Å². The fourth-order valence-corrected chi connectivity index (χ4v) is 3.45. The van der Waals surface area contributed by atoms with Crippen molar-refractivity contribution in [2.24, 2.45) is 16.5 Å². The molecular formula is C13H20ClN3O3S. The van der Waals surface area contributed by atoms with E-state index in [1.54, 1.807) is 6.08 Å². The molecule has 6 nitrogen and oxygen atoms in total. The molecule has 1 amide bonds. The molecular weight excluding hydrogens is 314 g/mol. The molecule has 0 radical (unpaired) electrons. The highest BCUT2D eigenvalue weighted by Crippen LogP contribution is 2.42. The van der Waals surface area contributed by atoms with E-state index in [4.69, 9.17) is 23.1 Å². The summed E-state index contributed by atoms with van der Waals surface area (Å²) in [5.74, 6) is -1.05. The molecule has 0 aromatic carbocycles. The number of guanidine groups is 1. The first-order valence-electron chi connectivity index (χ1n) is 6.54. The molecule has 1 rings (SSSR count). The van der Waals surface area contributed by atoms with Crippen LogP contribution in [-0.2, 0) is 14.6 Å². The lowest BCUT2D eigenvalue weighted by Crippen LogP contribution is -2.37. The van der Waals surface area contributed by atoms with Crippen LogP contribution in [0.15, 0.2) is 28.3 Å². The third-order valence-electron chi connectivity index (χ3n) is 3.28. The van der Waals surface area contributed by atoms with Crippen LogP contribution in [0.3, 0.4) is 0 Å². The minimum atomic E-state index is -3.61. The highest BCUT2D eigenvalue weighted by atomic mass is 35.5. The van der Waals surface area contributed by atoms with E-state index < -0.39 is 20.0 Å². The molecule has 0 aromatic heterocycles. The third-order valence-corrected chi connectivity index (χ3v) is 6.08. The minimum absolute atomic E-state index is 0.140. The van der Waals surface area contributed by atoms with Gasteiger partial charge in [0.1, 0.15) is 0 Å². The number of alkyl halides is 1. The Morgan fingerprint density at radius 1 is 1.43 bits per heavy atom.